The lowest BCUT2D eigenvalue weighted by Crippen LogP contribution is -2.42. The Morgan fingerprint density at radius 3 is 2.29 bits per heavy atom. The first kappa shape index (κ1) is 28.4. The van der Waals surface area contributed by atoms with Gasteiger partial charge in [0.2, 0.25) is 0 Å². The molecule has 1 fully saturated rings. The molecule has 1 aliphatic heterocycles. The number of carbonyl (C=O) groups excluding carboxylic acids is 1. The minimum absolute atomic E-state index is 0.0931. The van der Waals surface area contributed by atoms with Crippen molar-refractivity contribution in [2.24, 2.45) is 0 Å². The van der Waals surface area contributed by atoms with Crippen molar-refractivity contribution < 1.29 is 35.9 Å². The van der Waals surface area contributed by atoms with Gasteiger partial charge in [0.05, 0.1) is 35.6 Å². The zero-order valence-electron chi connectivity index (χ0n) is 21.6. The van der Waals surface area contributed by atoms with E-state index in [1.807, 2.05) is 4.90 Å². The number of pyridine rings is 1. The van der Waals surface area contributed by atoms with E-state index >= 15 is 0 Å². The molecule has 0 spiro atoms. The van der Waals surface area contributed by atoms with Crippen LogP contribution in [0.4, 0.5) is 37.8 Å². The number of rotatable bonds is 6. The van der Waals surface area contributed by atoms with Crippen LogP contribution in [0.5, 0.6) is 0 Å². The van der Waals surface area contributed by atoms with Crippen LogP contribution >= 0.6 is 0 Å². The van der Waals surface area contributed by atoms with E-state index in [1.54, 1.807) is 0 Å². The van der Waals surface area contributed by atoms with Crippen molar-refractivity contribution in [1.29, 1.82) is 0 Å². The predicted molar refractivity (Wildman–Crippen MR) is 138 cm³/mol. The van der Waals surface area contributed by atoms with Crippen molar-refractivity contribution in [2.45, 2.75) is 25.3 Å². The second-order valence-electron chi connectivity index (χ2n) is 9.42. The maximum Gasteiger partial charge on any atom is 0.418 e. The highest BCUT2D eigenvalue weighted by Crippen LogP contribution is 2.38. The number of fused-ring (bicyclic) bond motifs is 1. The van der Waals surface area contributed by atoms with Crippen molar-refractivity contribution in [3.05, 3.63) is 77.7 Å². The number of aromatic nitrogens is 3. The zero-order valence-corrected chi connectivity index (χ0v) is 21.6. The first-order chi connectivity index (χ1) is 19.4. The molecule has 5 rings (SSSR count). The average molecular weight is 576 g/mol. The Morgan fingerprint density at radius 2 is 1.66 bits per heavy atom. The van der Waals surface area contributed by atoms with Gasteiger partial charge in [-0.3, -0.25) is 14.7 Å². The predicted octanol–water partition coefficient (Wildman–Crippen LogP) is 6.44. The highest BCUT2D eigenvalue weighted by molar-refractivity contribution is 5.94. The van der Waals surface area contributed by atoms with Crippen LogP contribution in [0.2, 0.25) is 0 Å². The van der Waals surface area contributed by atoms with Gasteiger partial charge in [-0.1, -0.05) is 6.07 Å². The molecule has 0 amide bonds. The average Bonchev–Trinajstić information content (AvgIpc) is 2.92. The van der Waals surface area contributed by atoms with E-state index in [0.29, 0.717) is 31.7 Å². The van der Waals surface area contributed by atoms with Crippen molar-refractivity contribution >= 4 is 28.2 Å². The Kier molecular flexibility index (Phi) is 7.66. The number of halogens is 6. The van der Waals surface area contributed by atoms with Crippen molar-refractivity contribution in [2.75, 3.05) is 31.6 Å². The summed E-state index contributed by atoms with van der Waals surface area (Å²) in [5, 5.41) is 3.37. The molecule has 1 saturated heterocycles. The Labute approximate surface area is 230 Å². The van der Waals surface area contributed by atoms with E-state index in [1.165, 1.54) is 49.5 Å². The number of ketones is 1. The molecule has 1 aliphatic rings. The van der Waals surface area contributed by atoms with Crippen LogP contribution in [0.25, 0.3) is 22.2 Å². The summed E-state index contributed by atoms with van der Waals surface area (Å²) in [6, 6.07) is 9.91. The quantitative estimate of drug-likeness (QED) is 0.265. The van der Waals surface area contributed by atoms with Gasteiger partial charge in [0.15, 0.2) is 11.6 Å². The van der Waals surface area contributed by atoms with Gasteiger partial charge in [-0.05, 0) is 55.5 Å². The van der Waals surface area contributed by atoms with Gasteiger partial charge in [-0.2, -0.15) is 26.3 Å². The molecule has 2 aromatic heterocycles. The molecule has 4 aromatic rings. The first-order valence-corrected chi connectivity index (χ1v) is 12.5. The van der Waals surface area contributed by atoms with Crippen molar-refractivity contribution in [3.8, 4) is 11.3 Å². The number of anilines is 2. The number of hydrogen-bond donors (Lipinski definition) is 1. The monoisotopic (exact) mass is 575 g/mol. The lowest BCUT2D eigenvalue weighted by Gasteiger charge is -2.32. The number of nitrogens with one attached hydrogen (secondary N) is 1. The van der Waals surface area contributed by atoms with E-state index in [0.717, 1.165) is 18.2 Å². The van der Waals surface area contributed by atoms with E-state index in [2.05, 4.69) is 20.3 Å². The highest BCUT2D eigenvalue weighted by atomic mass is 19.4. The normalized spacial score (nSPS) is 15.6. The van der Waals surface area contributed by atoms with Crippen LogP contribution in [0.1, 0.15) is 29.9 Å². The van der Waals surface area contributed by atoms with E-state index in [-0.39, 0.29) is 39.9 Å². The van der Waals surface area contributed by atoms with Gasteiger partial charge in [0, 0.05) is 35.9 Å². The van der Waals surface area contributed by atoms with Gasteiger partial charge >= 0.3 is 12.4 Å². The maximum atomic E-state index is 13.7. The SMILES string of the molecule is CC(=O)C(c1nc(Nc2ccc(C(F)(F)F)cc2)c2ccc(-c3ncccc3C(F)(F)F)cc2n1)N1CCOCC1. The number of ether oxygens (including phenoxy) is 1. The molecule has 41 heavy (non-hydrogen) atoms. The van der Waals surface area contributed by atoms with Gasteiger partial charge in [-0.15, -0.1) is 0 Å². The molecular weight excluding hydrogens is 552 g/mol. The molecule has 1 atom stereocenters. The smallest absolute Gasteiger partial charge is 0.379 e. The summed E-state index contributed by atoms with van der Waals surface area (Å²) >= 11 is 0. The van der Waals surface area contributed by atoms with Crippen LogP contribution in [0.15, 0.2) is 60.8 Å². The molecule has 0 radical (unpaired) electrons. The second-order valence-corrected chi connectivity index (χ2v) is 9.42. The Balaban J connectivity index is 1.65. The molecule has 0 aliphatic carbocycles. The number of benzene rings is 2. The Hall–Kier alpha value is -4.10. The van der Waals surface area contributed by atoms with Crippen LogP contribution in [0, 0.1) is 0 Å². The summed E-state index contributed by atoms with van der Waals surface area (Å²) in [5.74, 6) is 0.00961. The van der Waals surface area contributed by atoms with Crippen LogP contribution in [0.3, 0.4) is 0 Å². The summed E-state index contributed by atoms with van der Waals surface area (Å²) in [7, 11) is 0. The van der Waals surface area contributed by atoms with Crippen LogP contribution in [-0.4, -0.2) is 51.9 Å². The molecule has 214 valence electrons. The van der Waals surface area contributed by atoms with Crippen LogP contribution < -0.4 is 5.32 Å². The lowest BCUT2D eigenvalue weighted by molar-refractivity contribution is -0.138. The molecule has 3 heterocycles. The number of nitrogens with zero attached hydrogens (tertiary/aromatic N) is 4. The molecule has 0 saturated carbocycles. The van der Waals surface area contributed by atoms with Gasteiger partial charge < -0.3 is 10.1 Å². The number of alkyl halides is 6. The van der Waals surface area contributed by atoms with E-state index < -0.39 is 29.5 Å². The molecule has 13 heteroatoms. The fourth-order valence-electron chi connectivity index (χ4n) is 4.69. The van der Waals surface area contributed by atoms with Crippen molar-refractivity contribution in [3.63, 3.8) is 0 Å². The third-order valence-corrected chi connectivity index (χ3v) is 6.62. The summed E-state index contributed by atoms with van der Waals surface area (Å²) in [6.07, 6.45) is -7.92. The maximum absolute atomic E-state index is 13.7. The Bertz CT molecular complexity index is 1570. The topological polar surface area (TPSA) is 80.2 Å². The largest absolute Gasteiger partial charge is 0.418 e. The third kappa shape index (κ3) is 6.15. The summed E-state index contributed by atoms with van der Waals surface area (Å²) in [6.45, 7) is 3.01. The fourth-order valence-corrected chi connectivity index (χ4v) is 4.69. The van der Waals surface area contributed by atoms with Crippen molar-refractivity contribution in [1.82, 2.24) is 19.9 Å². The third-order valence-electron chi connectivity index (χ3n) is 6.62. The molecule has 1 unspecified atom stereocenters. The summed E-state index contributed by atoms with van der Waals surface area (Å²) in [4.78, 5) is 27.8. The molecule has 1 N–H and O–H groups in total. The minimum atomic E-state index is -4.65. The summed E-state index contributed by atoms with van der Waals surface area (Å²) in [5.41, 5.74) is -1.41. The first-order valence-electron chi connectivity index (χ1n) is 12.5. The van der Waals surface area contributed by atoms with E-state index in [9.17, 15) is 31.1 Å². The minimum Gasteiger partial charge on any atom is -0.379 e. The summed E-state index contributed by atoms with van der Waals surface area (Å²) < 4.78 is 85.8. The lowest BCUT2D eigenvalue weighted by atomic mass is 10.0. The fraction of sp³-hybridized carbons (Fsp3) is 0.286. The number of Topliss-reactive ketones (excluding diaryl/α,β-unsaturated/α-hetero) is 1. The zero-order chi connectivity index (χ0) is 29.4. The molecular formula is C28H23F6N5O2. The molecule has 2 aromatic carbocycles. The van der Waals surface area contributed by atoms with E-state index in [4.69, 9.17) is 4.74 Å². The molecule has 0 bridgehead atoms. The second kappa shape index (κ2) is 11.1. The van der Waals surface area contributed by atoms with Gasteiger partial charge in [0.1, 0.15) is 11.9 Å². The highest BCUT2D eigenvalue weighted by Gasteiger charge is 2.35. The van der Waals surface area contributed by atoms with Gasteiger partial charge in [0.25, 0.3) is 0 Å². The number of morpholine rings is 1. The number of carbonyl (C=O) groups is 1. The Morgan fingerprint density at radius 1 is 0.951 bits per heavy atom. The molecule has 7 nitrogen and oxygen atoms in total. The standard InChI is InChI=1S/C28H23F6N5O2/c1-16(40)24(39-11-13-41-14-12-39)26-37-22-15-17(23-21(28(32,33)34)3-2-10-35-23)4-9-20(22)25(38-26)36-19-7-5-18(6-8-19)27(29,30)31/h2-10,15,24H,11-14H2,1H3,(H,36,37,38). The van der Waals surface area contributed by atoms with Crippen LogP contribution in [-0.2, 0) is 21.9 Å². The number of hydrogen-bond acceptors (Lipinski definition) is 7. The van der Waals surface area contributed by atoms with Gasteiger partial charge in [-0.25, -0.2) is 9.97 Å².